The van der Waals surface area contributed by atoms with Crippen LogP contribution < -0.4 is 9.47 Å². The van der Waals surface area contributed by atoms with E-state index in [2.05, 4.69) is 0 Å². The first kappa shape index (κ1) is 20.6. The Kier molecular flexibility index (Phi) is 5.92. The summed E-state index contributed by atoms with van der Waals surface area (Å²) in [5.74, 6) is 0.330. The van der Waals surface area contributed by atoms with Crippen LogP contribution in [0.5, 0.6) is 11.5 Å². The van der Waals surface area contributed by atoms with E-state index in [9.17, 15) is 17.6 Å². The zero-order valence-electron chi connectivity index (χ0n) is 16.4. The normalized spacial score (nSPS) is 17.4. The van der Waals surface area contributed by atoms with Crippen molar-refractivity contribution in [2.45, 2.75) is 17.7 Å². The van der Waals surface area contributed by atoms with E-state index >= 15 is 0 Å². The van der Waals surface area contributed by atoms with Crippen LogP contribution in [0.15, 0.2) is 47.4 Å². The van der Waals surface area contributed by atoms with Crippen LogP contribution in [0.1, 0.15) is 12.0 Å². The minimum absolute atomic E-state index is 0.0401. The number of carbonyl (C=O) groups excluding carboxylic acids is 1. The second-order valence-electron chi connectivity index (χ2n) is 7.21. The monoisotopic (exact) mass is 434 g/mol. The van der Waals surface area contributed by atoms with Gasteiger partial charge < -0.3 is 14.4 Å². The molecule has 0 aromatic heterocycles. The molecule has 2 aliphatic heterocycles. The Bertz CT molecular complexity index is 1040. The zero-order chi connectivity index (χ0) is 21.1. The van der Waals surface area contributed by atoms with E-state index in [-0.39, 0.29) is 43.4 Å². The van der Waals surface area contributed by atoms with Crippen molar-refractivity contribution < 1.29 is 27.1 Å². The molecule has 1 saturated heterocycles. The highest BCUT2D eigenvalue weighted by Gasteiger charge is 2.31. The van der Waals surface area contributed by atoms with Gasteiger partial charge in [-0.15, -0.1) is 0 Å². The third-order valence-corrected chi connectivity index (χ3v) is 7.14. The van der Waals surface area contributed by atoms with Crippen LogP contribution in [0.2, 0.25) is 0 Å². The molecule has 2 aliphatic rings. The summed E-state index contributed by atoms with van der Waals surface area (Å²) in [5.41, 5.74) is 0.338. The molecule has 4 rings (SSSR count). The molecule has 2 aromatic carbocycles. The van der Waals surface area contributed by atoms with Crippen LogP contribution >= 0.6 is 0 Å². The molecule has 0 saturated carbocycles. The number of piperazine rings is 1. The fourth-order valence-electron chi connectivity index (χ4n) is 3.55. The summed E-state index contributed by atoms with van der Waals surface area (Å²) in [6, 6.07) is 10.8. The Balaban J connectivity index is 1.41. The fourth-order valence-corrected chi connectivity index (χ4v) is 4.99. The van der Waals surface area contributed by atoms with Crippen molar-refractivity contribution in [1.29, 1.82) is 0 Å². The number of nitrogens with zero attached hydrogens (tertiary/aromatic N) is 2. The lowest BCUT2D eigenvalue weighted by atomic mass is 10.1. The number of amides is 1. The average Bonchev–Trinajstić information content (AvgIpc) is 3.00. The Hall–Kier alpha value is -2.65. The lowest BCUT2D eigenvalue weighted by Gasteiger charge is -2.34. The van der Waals surface area contributed by atoms with Crippen LogP contribution in [0.25, 0.3) is 0 Å². The molecule has 0 spiro atoms. The highest BCUT2D eigenvalue weighted by Crippen LogP contribution is 2.33. The number of hydrogen-bond donors (Lipinski definition) is 0. The summed E-state index contributed by atoms with van der Waals surface area (Å²) < 4.78 is 52.4. The van der Waals surface area contributed by atoms with Gasteiger partial charge in [0.05, 0.1) is 24.5 Å². The van der Waals surface area contributed by atoms with Gasteiger partial charge in [-0.3, -0.25) is 4.79 Å². The summed E-state index contributed by atoms with van der Waals surface area (Å²) in [6.07, 6.45) is 0.696. The maximum Gasteiger partial charge on any atom is 0.243 e. The number of rotatable bonds is 4. The predicted molar refractivity (Wildman–Crippen MR) is 107 cm³/mol. The molecular weight excluding hydrogens is 411 g/mol. The number of sulfonamides is 1. The quantitative estimate of drug-likeness (QED) is 0.736. The number of ether oxygens (including phenoxy) is 2. The molecule has 2 aromatic rings. The zero-order valence-corrected chi connectivity index (χ0v) is 17.2. The van der Waals surface area contributed by atoms with Gasteiger partial charge in [-0.25, -0.2) is 12.8 Å². The van der Waals surface area contributed by atoms with Crippen molar-refractivity contribution in [3.63, 3.8) is 0 Å². The second kappa shape index (κ2) is 8.61. The minimum Gasteiger partial charge on any atom is -0.490 e. The molecule has 9 heteroatoms. The standard InChI is InChI=1S/C21H23FN2O5S/c22-18-5-2-1-4-16(18)14-21(25)23-8-10-24(11-9-23)30(26,27)17-6-7-19-20(15-17)29-13-3-12-28-19/h1-2,4-7,15H,3,8-14H2. The summed E-state index contributed by atoms with van der Waals surface area (Å²) >= 11 is 0. The smallest absolute Gasteiger partial charge is 0.243 e. The Morgan fingerprint density at radius 2 is 1.67 bits per heavy atom. The molecule has 0 radical (unpaired) electrons. The first-order valence-corrected chi connectivity index (χ1v) is 11.3. The highest BCUT2D eigenvalue weighted by atomic mass is 32.2. The van der Waals surface area contributed by atoms with Gasteiger partial charge in [-0.1, -0.05) is 18.2 Å². The van der Waals surface area contributed by atoms with Gasteiger partial charge in [-0.2, -0.15) is 4.31 Å². The van der Waals surface area contributed by atoms with Crippen LogP contribution in [0.4, 0.5) is 4.39 Å². The van der Waals surface area contributed by atoms with E-state index in [0.717, 1.165) is 6.42 Å². The third kappa shape index (κ3) is 4.27. The molecular formula is C21H23FN2O5S. The van der Waals surface area contributed by atoms with Crippen LogP contribution in [-0.4, -0.2) is 62.9 Å². The first-order chi connectivity index (χ1) is 14.4. The number of carbonyl (C=O) groups is 1. The molecule has 1 fully saturated rings. The van der Waals surface area contributed by atoms with Gasteiger partial charge in [0, 0.05) is 38.7 Å². The molecule has 0 aliphatic carbocycles. The number of halogens is 1. The largest absolute Gasteiger partial charge is 0.490 e. The van der Waals surface area contributed by atoms with E-state index < -0.39 is 15.8 Å². The molecule has 160 valence electrons. The molecule has 0 atom stereocenters. The summed E-state index contributed by atoms with van der Waals surface area (Å²) in [5, 5.41) is 0. The molecule has 0 N–H and O–H groups in total. The fraction of sp³-hybridized carbons (Fsp3) is 0.381. The highest BCUT2D eigenvalue weighted by molar-refractivity contribution is 7.89. The summed E-state index contributed by atoms with van der Waals surface area (Å²) in [4.78, 5) is 14.2. The third-order valence-electron chi connectivity index (χ3n) is 5.25. The first-order valence-electron chi connectivity index (χ1n) is 9.86. The molecule has 2 heterocycles. The van der Waals surface area contributed by atoms with Crippen molar-refractivity contribution in [2.75, 3.05) is 39.4 Å². The van der Waals surface area contributed by atoms with Gasteiger partial charge >= 0.3 is 0 Å². The number of hydrogen-bond acceptors (Lipinski definition) is 5. The van der Waals surface area contributed by atoms with Crippen LogP contribution in [0.3, 0.4) is 0 Å². The lowest BCUT2D eigenvalue weighted by Crippen LogP contribution is -2.50. The minimum atomic E-state index is -3.72. The molecule has 0 unspecified atom stereocenters. The topological polar surface area (TPSA) is 76.2 Å². The van der Waals surface area contributed by atoms with Gasteiger partial charge in [0.15, 0.2) is 11.5 Å². The molecule has 30 heavy (non-hydrogen) atoms. The maximum absolute atomic E-state index is 13.8. The van der Waals surface area contributed by atoms with Crippen LogP contribution in [-0.2, 0) is 21.2 Å². The lowest BCUT2D eigenvalue weighted by molar-refractivity contribution is -0.131. The van der Waals surface area contributed by atoms with E-state index in [4.69, 9.17) is 9.47 Å². The van der Waals surface area contributed by atoms with Crippen molar-refractivity contribution in [3.05, 3.63) is 53.8 Å². The number of benzene rings is 2. The SMILES string of the molecule is O=C(Cc1ccccc1F)N1CCN(S(=O)(=O)c2ccc3c(c2)OCCCO3)CC1. The van der Waals surface area contributed by atoms with Gasteiger partial charge in [0.2, 0.25) is 15.9 Å². The van der Waals surface area contributed by atoms with Crippen molar-refractivity contribution in [1.82, 2.24) is 9.21 Å². The second-order valence-corrected chi connectivity index (χ2v) is 9.15. The van der Waals surface area contributed by atoms with E-state index in [1.54, 1.807) is 29.2 Å². The van der Waals surface area contributed by atoms with Gasteiger partial charge in [0.1, 0.15) is 5.82 Å². The van der Waals surface area contributed by atoms with Crippen LogP contribution in [0, 0.1) is 5.82 Å². The van der Waals surface area contributed by atoms with Crippen molar-refractivity contribution in [3.8, 4) is 11.5 Å². The van der Waals surface area contributed by atoms with Gasteiger partial charge in [-0.05, 0) is 23.8 Å². The maximum atomic E-state index is 13.8. The van der Waals surface area contributed by atoms with E-state index in [1.807, 2.05) is 0 Å². The Morgan fingerprint density at radius 1 is 0.967 bits per heavy atom. The number of fused-ring (bicyclic) bond motifs is 1. The Morgan fingerprint density at radius 3 is 2.40 bits per heavy atom. The van der Waals surface area contributed by atoms with E-state index in [0.29, 0.717) is 30.3 Å². The van der Waals surface area contributed by atoms with Gasteiger partial charge in [0.25, 0.3) is 0 Å². The van der Waals surface area contributed by atoms with Crippen molar-refractivity contribution >= 4 is 15.9 Å². The summed E-state index contributed by atoms with van der Waals surface area (Å²) in [6.45, 7) is 1.88. The average molecular weight is 434 g/mol. The molecule has 0 bridgehead atoms. The Labute approximate surface area is 175 Å². The molecule has 1 amide bonds. The predicted octanol–water partition coefficient (Wildman–Crippen LogP) is 2.06. The van der Waals surface area contributed by atoms with E-state index in [1.165, 1.54) is 22.5 Å². The summed E-state index contributed by atoms with van der Waals surface area (Å²) in [7, 11) is -3.72. The molecule has 7 nitrogen and oxygen atoms in total. The van der Waals surface area contributed by atoms with Crippen molar-refractivity contribution in [2.24, 2.45) is 0 Å².